The molecule has 0 fully saturated rings. The molecule has 1 aromatic rings. The Morgan fingerprint density at radius 1 is 1.69 bits per heavy atom. The first-order chi connectivity index (χ1) is 6.13. The van der Waals surface area contributed by atoms with E-state index in [9.17, 15) is 4.79 Å². The second kappa shape index (κ2) is 4.01. The minimum absolute atomic E-state index is 0.558. The quantitative estimate of drug-likeness (QED) is 0.522. The molecule has 0 saturated carbocycles. The number of nitrogens with zero attached hydrogens (tertiary/aromatic N) is 3. The highest BCUT2D eigenvalue weighted by Gasteiger charge is 2.05. The number of hydrogen-bond donors (Lipinski definition) is 0. The van der Waals surface area contributed by atoms with E-state index in [-0.39, 0.29) is 0 Å². The van der Waals surface area contributed by atoms with Gasteiger partial charge in [-0.2, -0.15) is 5.10 Å². The molecule has 4 nitrogen and oxygen atoms in total. The van der Waals surface area contributed by atoms with Crippen molar-refractivity contribution < 1.29 is 4.79 Å². The third-order valence-electron chi connectivity index (χ3n) is 1.68. The van der Waals surface area contributed by atoms with Gasteiger partial charge in [0.05, 0.1) is 5.69 Å². The number of isocyanates is 1. The van der Waals surface area contributed by atoms with E-state index in [1.165, 1.54) is 6.08 Å². The van der Waals surface area contributed by atoms with Gasteiger partial charge in [-0.3, -0.25) is 0 Å². The van der Waals surface area contributed by atoms with Gasteiger partial charge in [0.15, 0.2) is 5.82 Å². The van der Waals surface area contributed by atoms with Crippen LogP contribution in [0.3, 0.4) is 0 Å². The Bertz CT molecular complexity index is 335. The topological polar surface area (TPSA) is 47.2 Å². The smallest absolute Gasteiger partial charge is 0.242 e. The monoisotopic (exact) mass is 179 g/mol. The van der Waals surface area contributed by atoms with Crippen LogP contribution in [0.5, 0.6) is 0 Å². The molecule has 0 bridgehead atoms. The summed E-state index contributed by atoms with van der Waals surface area (Å²) in [6.45, 7) is 4.24. The van der Waals surface area contributed by atoms with Crippen molar-refractivity contribution in [1.29, 1.82) is 0 Å². The average molecular weight is 179 g/mol. The van der Waals surface area contributed by atoms with E-state index >= 15 is 0 Å². The van der Waals surface area contributed by atoms with Gasteiger partial charge in [-0.1, -0.05) is 13.8 Å². The summed E-state index contributed by atoms with van der Waals surface area (Å²) in [6, 6.07) is 1.81. The Morgan fingerprint density at radius 2 is 2.38 bits per heavy atom. The SMILES string of the molecule is CC(C)Cc1cc(N=C=O)n(C)n1. The van der Waals surface area contributed by atoms with Gasteiger partial charge in [0.25, 0.3) is 0 Å². The number of hydrogen-bond acceptors (Lipinski definition) is 3. The van der Waals surface area contributed by atoms with Crippen LogP contribution >= 0.6 is 0 Å². The number of carbonyl (C=O) groups excluding carboxylic acids is 1. The predicted octanol–water partition coefficient (Wildman–Crippen LogP) is 1.59. The Labute approximate surface area is 77.3 Å². The zero-order valence-electron chi connectivity index (χ0n) is 8.11. The molecule has 0 aromatic carbocycles. The second-order valence-corrected chi connectivity index (χ2v) is 3.42. The zero-order valence-corrected chi connectivity index (χ0v) is 8.11. The van der Waals surface area contributed by atoms with Crippen LogP contribution in [0.2, 0.25) is 0 Å². The van der Waals surface area contributed by atoms with Gasteiger partial charge in [0, 0.05) is 13.1 Å². The zero-order chi connectivity index (χ0) is 9.84. The van der Waals surface area contributed by atoms with Crippen LogP contribution in [0, 0.1) is 5.92 Å². The Balaban J connectivity index is 2.88. The second-order valence-electron chi connectivity index (χ2n) is 3.42. The van der Waals surface area contributed by atoms with Gasteiger partial charge in [0.2, 0.25) is 6.08 Å². The number of aliphatic imine (C=N–C) groups is 1. The van der Waals surface area contributed by atoms with Crippen molar-refractivity contribution in [3.8, 4) is 0 Å². The third-order valence-corrected chi connectivity index (χ3v) is 1.68. The van der Waals surface area contributed by atoms with Crippen molar-refractivity contribution in [3.05, 3.63) is 11.8 Å². The van der Waals surface area contributed by atoms with E-state index < -0.39 is 0 Å². The van der Waals surface area contributed by atoms with Crippen molar-refractivity contribution >= 4 is 11.9 Å². The fourth-order valence-corrected chi connectivity index (χ4v) is 1.18. The highest BCUT2D eigenvalue weighted by molar-refractivity contribution is 5.45. The van der Waals surface area contributed by atoms with Crippen LogP contribution in [0.4, 0.5) is 5.82 Å². The summed E-state index contributed by atoms with van der Waals surface area (Å²) in [5, 5.41) is 4.21. The Kier molecular flexibility index (Phi) is 2.98. The Hall–Kier alpha value is -1.41. The maximum Gasteiger partial charge on any atom is 0.242 e. The molecule has 0 spiro atoms. The number of aryl methyl sites for hydroxylation is 1. The molecule has 1 heterocycles. The molecule has 0 saturated heterocycles. The third kappa shape index (κ3) is 2.53. The molecular weight excluding hydrogens is 166 g/mol. The first-order valence-electron chi connectivity index (χ1n) is 4.24. The number of aromatic nitrogens is 2. The van der Waals surface area contributed by atoms with Crippen molar-refractivity contribution in [2.24, 2.45) is 18.0 Å². The van der Waals surface area contributed by atoms with Crippen LogP contribution in [-0.2, 0) is 18.3 Å². The summed E-state index contributed by atoms with van der Waals surface area (Å²) < 4.78 is 1.59. The van der Waals surface area contributed by atoms with Crippen molar-refractivity contribution in [2.45, 2.75) is 20.3 Å². The largest absolute Gasteiger partial charge is 0.250 e. The standard InChI is InChI=1S/C9H13N3O/c1-7(2)4-8-5-9(10-6-13)12(3)11-8/h5,7H,4H2,1-3H3. The van der Waals surface area contributed by atoms with Crippen LogP contribution in [0.25, 0.3) is 0 Å². The molecule has 70 valence electrons. The average Bonchev–Trinajstić information content (AvgIpc) is 2.31. The van der Waals surface area contributed by atoms with E-state index in [2.05, 4.69) is 23.9 Å². The van der Waals surface area contributed by atoms with Gasteiger partial charge in [-0.05, 0) is 12.3 Å². The molecule has 0 radical (unpaired) electrons. The normalized spacial score (nSPS) is 10.2. The summed E-state index contributed by atoms with van der Waals surface area (Å²) in [5.41, 5.74) is 0.964. The molecule has 1 rings (SSSR count). The molecule has 1 aromatic heterocycles. The number of rotatable bonds is 3. The van der Waals surface area contributed by atoms with E-state index in [0.29, 0.717) is 11.7 Å². The molecule has 0 N–H and O–H groups in total. The summed E-state index contributed by atoms with van der Waals surface area (Å²) in [5.74, 6) is 1.12. The van der Waals surface area contributed by atoms with Gasteiger partial charge in [-0.15, -0.1) is 4.99 Å². The summed E-state index contributed by atoms with van der Waals surface area (Å²) in [7, 11) is 1.76. The molecule has 4 heteroatoms. The summed E-state index contributed by atoms with van der Waals surface area (Å²) in [4.78, 5) is 13.6. The molecule has 0 unspecified atom stereocenters. The van der Waals surface area contributed by atoms with E-state index in [0.717, 1.165) is 12.1 Å². The van der Waals surface area contributed by atoms with Crippen molar-refractivity contribution in [1.82, 2.24) is 9.78 Å². The maximum atomic E-state index is 10.0. The first kappa shape index (κ1) is 9.68. The lowest BCUT2D eigenvalue weighted by molar-refractivity contribution is 0.564. The molecule has 0 aliphatic carbocycles. The molecular formula is C9H13N3O. The molecule has 0 aliphatic rings. The van der Waals surface area contributed by atoms with Crippen LogP contribution in [-0.4, -0.2) is 15.9 Å². The van der Waals surface area contributed by atoms with Gasteiger partial charge in [0.1, 0.15) is 0 Å². The molecule has 0 amide bonds. The van der Waals surface area contributed by atoms with Gasteiger partial charge >= 0.3 is 0 Å². The lowest BCUT2D eigenvalue weighted by Gasteiger charge is -1.98. The van der Waals surface area contributed by atoms with E-state index in [1.807, 2.05) is 6.07 Å². The first-order valence-corrected chi connectivity index (χ1v) is 4.24. The minimum Gasteiger partial charge on any atom is -0.250 e. The molecule has 13 heavy (non-hydrogen) atoms. The molecule has 0 atom stereocenters. The lowest BCUT2D eigenvalue weighted by atomic mass is 10.1. The van der Waals surface area contributed by atoms with E-state index in [1.54, 1.807) is 11.7 Å². The lowest BCUT2D eigenvalue weighted by Crippen LogP contribution is -1.96. The summed E-state index contributed by atoms with van der Waals surface area (Å²) >= 11 is 0. The Morgan fingerprint density at radius 3 is 2.92 bits per heavy atom. The van der Waals surface area contributed by atoms with Crippen LogP contribution in [0.15, 0.2) is 11.1 Å². The van der Waals surface area contributed by atoms with Crippen LogP contribution in [0.1, 0.15) is 19.5 Å². The van der Waals surface area contributed by atoms with Crippen LogP contribution < -0.4 is 0 Å². The van der Waals surface area contributed by atoms with Gasteiger partial charge in [-0.25, -0.2) is 9.48 Å². The van der Waals surface area contributed by atoms with E-state index in [4.69, 9.17) is 0 Å². The molecule has 0 aliphatic heterocycles. The van der Waals surface area contributed by atoms with Crippen molar-refractivity contribution in [2.75, 3.05) is 0 Å². The highest BCUT2D eigenvalue weighted by atomic mass is 16.1. The van der Waals surface area contributed by atoms with Gasteiger partial charge < -0.3 is 0 Å². The highest BCUT2D eigenvalue weighted by Crippen LogP contribution is 2.14. The van der Waals surface area contributed by atoms with Crippen molar-refractivity contribution in [3.63, 3.8) is 0 Å². The fraction of sp³-hybridized carbons (Fsp3) is 0.556. The predicted molar refractivity (Wildman–Crippen MR) is 49.5 cm³/mol. The summed E-state index contributed by atoms with van der Waals surface area (Å²) in [6.07, 6.45) is 2.41. The maximum absolute atomic E-state index is 10.0. The minimum atomic E-state index is 0.558. The fourth-order valence-electron chi connectivity index (χ4n) is 1.18.